The van der Waals surface area contributed by atoms with Gasteiger partial charge in [-0.3, -0.25) is 4.79 Å². The molecule has 1 aromatic heterocycles. The maximum absolute atomic E-state index is 10.8. The molecule has 88 valence electrons. The highest BCUT2D eigenvalue weighted by atomic mass is 16.4. The molecule has 2 aromatic rings. The molecule has 1 aliphatic carbocycles. The molecule has 1 heterocycles. The monoisotopic (exact) mass is 231 g/mol. The third-order valence-electron chi connectivity index (χ3n) is 3.61. The Morgan fingerprint density at radius 2 is 2.12 bits per heavy atom. The molecule has 1 aliphatic rings. The number of aromatic amines is 1. The Hall–Kier alpha value is -1.81. The highest BCUT2D eigenvalue weighted by molar-refractivity contribution is 5.84. The highest BCUT2D eigenvalue weighted by Gasteiger charge is 2.48. The smallest absolute Gasteiger partial charge is 0.306 e. The van der Waals surface area contributed by atoms with E-state index in [1.807, 2.05) is 30.5 Å². The quantitative estimate of drug-likeness (QED) is 0.738. The van der Waals surface area contributed by atoms with Crippen LogP contribution in [0.5, 0.6) is 0 Å². The lowest BCUT2D eigenvalue weighted by Crippen LogP contribution is -2.44. The minimum absolute atomic E-state index is 0.298. The lowest BCUT2D eigenvalue weighted by atomic mass is 9.67. The SMILES string of the molecule is O=C(O)C1CC(O)(c2cccc3[nH]ccc23)C1. The van der Waals surface area contributed by atoms with Crippen molar-refractivity contribution < 1.29 is 15.0 Å². The number of carboxylic acids is 1. The van der Waals surface area contributed by atoms with Crippen molar-refractivity contribution in [3.63, 3.8) is 0 Å². The zero-order valence-electron chi connectivity index (χ0n) is 9.18. The summed E-state index contributed by atoms with van der Waals surface area (Å²) in [5.74, 6) is -1.25. The second-order valence-electron chi connectivity index (χ2n) is 4.72. The summed E-state index contributed by atoms with van der Waals surface area (Å²) in [5, 5.41) is 20.3. The van der Waals surface area contributed by atoms with E-state index in [9.17, 15) is 9.90 Å². The summed E-state index contributed by atoms with van der Waals surface area (Å²) < 4.78 is 0. The first-order chi connectivity index (χ1) is 8.10. The average molecular weight is 231 g/mol. The van der Waals surface area contributed by atoms with Gasteiger partial charge in [0.25, 0.3) is 0 Å². The summed E-state index contributed by atoms with van der Waals surface area (Å²) in [4.78, 5) is 13.9. The number of nitrogens with one attached hydrogen (secondary N) is 1. The van der Waals surface area contributed by atoms with Gasteiger partial charge in [0.05, 0.1) is 11.5 Å². The van der Waals surface area contributed by atoms with Crippen LogP contribution in [-0.2, 0) is 10.4 Å². The molecule has 0 unspecified atom stereocenters. The van der Waals surface area contributed by atoms with E-state index in [-0.39, 0.29) is 0 Å². The number of hydrogen-bond acceptors (Lipinski definition) is 2. The van der Waals surface area contributed by atoms with Crippen molar-refractivity contribution in [2.45, 2.75) is 18.4 Å². The van der Waals surface area contributed by atoms with Gasteiger partial charge in [0.1, 0.15) is 0 Å². The third-order valence-corrected chi connectivity index (χ3v) is 3.61. The fraction of sp³-hybridized carbons (Fsp3) is 0.308. The van der Waals surface area contributed by atoms with Gasteiger partial charge in [-0.1, -0.05) is 12.1 Å². The molecule has 1 aromatic carbocycles. The van der Waals surface area contributed by atoms with Crippen LogP contribution >= 0.6 is 0 Å². The van der Waals surface area contributed by atoms with E-state index in [4.69, 9.17) is 5.11 Å². The summed E-state index contributed by atoms with van der Waals surface area (Å²) in [6.45, 7) is 0. The van der Waals surface area contributed by atoms with Gasteiger partial charge in [-0.25, -0.2) is 0 Å². The molecule has 0 bridgehead atoms. The Labute approximate surface area is 97.9 Å². The highest BCUT2D eigenvalue weighted by Crippen LogP contribution is 2.47. The first-order valence-electron chi connectivity index (χ1n) is 5.62. The van der Waals surface area contributed by atoms with E-state index in [1.54, 1.807) is 0 Å². The van der Waals surface area contributed by atoms with Crippen molar-refractivity contribution in [2.24, 2.45) is 5.92 Å². The molecule has 4 heteroatoms. The van der Waals surface area contributed by atoms with Crippen molar-refractivity contribution in [3.8, 4) is 0 Å². The molecule has 0 radical (unpaired) electrons. The fourth-order valence-electron chi connectivity index (χ4n) is 2.64. The average Bonchev–Trinajstić information content (AvgIpc) is 2.71. The van der Waals surface area contributed by atoms with Crippen LogP contribution in [0.25, 0.3) is 10.9 Å². The third kappa shape index (κ3) is 1.45. The maximum Gasteiger partial charge on any atom is 0.306 e. The molecule has 0 amide bonds. The number of hydrogen-bond donors (Lipinski definition) is 3. The molecule has 1 fully saturated rings. The fourth-order valence-corrected chi connectivity index (χ4v) is 2.64. The molecule has 4 nitrogen and oxygen atoms in total. The number of carboxylic acid groups (broad SMARTS) is 1. The molecule has 3 rings (SSSR count). The van der Waals surface area contributed by atoms with Crippen LogP contribution in [0, 0.1) is 5.92 Å². The summed E-state index contributed by atoms with van der Waals surface area (Å²) in [6, 6.07) is 7.60. The van der Waals surface area contributed by atoms with Crippen molar-refractivity contribution in [1.29, 1.82) is 0 Å². The second-order valence-corrected chi connectivity index (χ2v) is 4.72. The summed E-state index contributed by atoms with van der Waals surface area (Å²) in [7, 11) is 0. The van der Waals surface area contributed by atoms with E-state index < -0.39 is 17.5 Å². The molecular formula is C13H13NO3. The molecule has 0 atom stereocenters. The minimum Gasteiger partial charge on any atom is -0.481 e. The lowest BCUT2D eigenvalue weighted by Gasteiger charge is -2.42. The van der Waals surface area contributed by atoms with Gasteiger partial charge in [0.15, 0.2) is 0 Å². The van der Waals surface area contributed by atoms with Gasteiger partial charge in [-0.05, 0) is 30.5 Å². The van der Waals surface area contributed by atoms with Gasteiger partial charge in [0, 0.05) is 17.1 Å². The molecule has 0 spiro atoms. The van der Waals surface area contributed by atoms with E-state index in [1.165, 1.54) is 0 Å². The van der Waals surface area contributed by atoms with Crippen LogP contribution in [0.1, 0.15) is 18.4 Å². The van der Waals surface area contributed by atoms with Crippen LogP contribution in [-0.4, -0.2) is 21.2 Å². The van der Waals surface area contributed by atoms with Crippen molar-refractivity contribution in [2.75, 3.05) is 0 Å². The van der Waals surface area contributed by atoms with Gasteiger partial charge in [-0.2, -0.15) is 0 Å². The molecular weight excluding hydrogens is 218 g/mol. The van der Waals surface area contributed by atoms with Gasteiger partial charge < -0.3 is 15.2 Å². The Balaban J connectivity index is 2.00. The van der Waals surface area contributed by atoms with Crippen molar-refractivity contribution in [3.05, 3.63) is 36.0 Å². The molecule has 1 saturated carbocycles. The van der Waals surface area contributed by atoms with Crippen molar-refractivity contribution in [1.82, 2.24) is 4.98 Å². The van der Waals surface area contributed by atoms with Gasteiger partial charge >= 0.3 is 5.97 Å². The minimum atomic E-state index is -0.981. The number of fused-ring (bicyclic) bond motifs is 1. The normalized spacial score (nSPS) is 27.9. The summed E-state index contributed by atoms with van der Waals surface area (Å²) in [5.41, 5.74) is 0.813. The lowest BCUT2D eigenvalue weighted by molar-refractivity contribution is -0.159. The number of aromatic nitrogens is 1. The zero-order valence-corrected chi connectivity index (χ0v) is 9.18. The van der Waals surface area contributed by atoms with Crippen molar-refractivity contribution >= 4 is 16.9 Å². The van der Waals surface area contributed by atoms with Gasteiger partial charge in [0.2, 0.25) is 0 Å². The Bertz CT molecular complexity index is 581. The summed E-state index contributed by atoms with van der Waals surface area (Å²) in [6.07, 6.45) is 2.42. The Morgan fingerprint density at radius 1 is 1.35 bits per heavy atom. The summed E-state index contributed by atoms with van der Waals surface area (Å²) >= 11 is 0. The zero-order chi connectivity index (χ0) is 12.0. The number of carbonyl (C=O) groups is 1. The topological polar surface area (TPSA) is 73.3 Å². The molecule has 17 heavy (non-hydrogen) atoms. The molecule has 0 aliphatic heterocycles. The van der Waals surface area contributed by atoms with Gasteiger partial charge in [-0.15, -0.1) is 0 Å². The Kier molecular flexibility index (Phi) is 2.03. The largest absolute Gasteiger partial charge is 0.481 e. The van der Waals surface area contributed by atoms with E-state index in [2.05, 4.69) is 4.98 Å². The van der Waals surface area contributed by atoms with Crippen LogP contribution in [0.15, 0.2) is 30.5 Å². The first-order valence-corrected chi connectivity index (χ1v) is 5.62. The Morgan fingerprint density at radius 3 is 2.82 bits per heavy atom. The number of aliphatic carboxylic acids is 1. The van der Waals surface area contributed by atoms with Crippen LogP contribution in [0.4, 0.5) is 0 Å². The van der Waals surface area contributed by atoms with E-state index in [0.29, 0.717) is 12.8 Å². The van der Waals surface area contributed by atoms with E-state index in [0.717, 1.165) is 16.5 Å². The number of rotatable bonds is 2. The molecule has 0 saturated heterocycles. The number of aliphatic hydroxyl groups is 1. The molecule has 3 N–H and O–H groups in total. The van der Waals surface area contributed by atoms with Crippen LogP contribution in [0.3, 0.4) is 0 Å². The standard InChI is InChI=1S/C13H13NO3/c15-12(16)8-6-13(17,7-8)10-2-1-3-11-9(10)4-5-14-11/h1-5,8,14,17H,6-7H2,(H,15,16). The predicted molar refractivity (Wildman–Crippen MR) is 62.6 cm³/mol. The van der Waals surface area contributed by atoms with Crippen LogP contribution < -0.4 is 0 Å². The first kappa shape index (κ1) is 10.4. The second kappa shape index (κ2) is 3.34. The van der Waals surface area contributed by atoms with E-state index >= 15 is 0 Å². The predicted octanol–water partition coefficient (Wildman–Crippen LogP) is 1.85. The number of benzene rings is 1. The number of H-pyrrole nitrogens is 1. The van der Waals surface area contributed by atoms with Crippen LogP contribution in [0.2, 0.25) is 0 Å². The maximum atomic E-state index is 10.8.